The maximum Gasteiger partial charge on any atom is 0.262 e. The number of nitrogens with zero attached hydrogens (tertiary/aromatic N) is 1. The second kappa shape index (κ2) is 12.4. The van der Waals surface area contributed by atoms with Crippen LogP contribution in [0.25, 0.3) is 0 Å². The molecule has 0 fully saturated rings. The smallest absolute Gasteiger partial charge is 0.262 e. The first-order valence-electron chi connectivity index (χ1n) is 15.9. The van der Waals surface area contributed by atoms with Crippen molar-refractivity contribution in [3.63, 3.8) is 0 Å². The second-order valence-corrected chi connectivity index (χ2v) is 15.1. The van der Waals surface area contributed by atoms with E-state index in [1.54, 1.807) is 0 Å². The molecule has 3 aliphatic rings. The number of halogens is 1. The second-order valence-electron chi connectivity index (χ2n) is 14.2. The molecule has 2 aliphatic carbocycles. The van der Waals surface area contributed by atoms with E-state index in [4.69, 9.17) is 9.47 Å². The van der Waals surface area contributed by atoms with Crippen molar-refractivity contribution in [1.29, 1.82) is 0 Å². The van der Waals surface area contributed by atoms with Crippen LogP contribution in [0, 0.1) is 24.7 Å². The highest BCUT2D eigenvalue weighted by Gasteiger charge is 2.48. The van der Waals surface area contributed by atoms with Gasteiger partial charge in [-0.1, -0.05) is 39.8 Å². The van der Waals surface area contributed by atoms with Crippen LogP contribution in [0.15, 0.2) is 57.3 Å². The number of anilines is 1. The molecule has 240 valence electrons. The van der Waals surface area contributed by atoms with Crippen molar-refractivity contribution in [2.45, 2.75) is 87.0 Å². The van der Waals surface area contributed by atoms with Crippen LogP contribution < -0.4 is 14.8 Å². The highest BCUT2D eigenvalue weighted by molar-refractivity contribution is 9.10. The lowest BCUT2D eigenvalue weighted by atomic mass is 9.63. The lowest BCUT2D eigenvalue weighted by Gasteiger charge is -2.49. The molecule has 0 saturated heterocycles. The number of hydrogen-bond acceptors (Lipinski definition) is 6. The van der Waals surface area contributed by atoms with Crippen LogP contribution >= 0.6 is 15.9 Å². The van der Waals surface area contributed by atoms with Gasteiger partial charge in [-0.2, -0.15) is 0 Å². The van der Waals surface area contributed by atoms with Gasteiger partial charge in [0.05, 0.1) is 11.1 Å². The monoisotopic (exact) mass is 676 g/mol. The molecule has 1 amide bonds. The SMILES string of the molecule is CCOc1cc(C2C3=C(CC(C)(C)CC3=O)N(CC)C3=C2C(=O)CC(C)(C)C3)cc(Br)c1OCC(=O)Nc1cc(C)ccc1C. The highest BCUT2D eigenvalue weighted by Crippen LogP contribution is 2.55. The van der Waals surface area contributed by atoms with Crippen molar-refractivity contribution in [3.05, 3.63) is 74.0 Å². The van der Waals surface area contributed by atoms with E-state index in [0.29, 0.717) is 42.0 Å². The van der Waals surface area contributed by atoms with Crippen LogP contribution in [0.4, 0.5) is 5.69 Å². The average Bonchev–Trinajstić information content (AvgIpc) is 2.92. The molecule has 2 aromatic rings. The zero-order valence-electron chi connectivity index (χ0n) is 27.8. The third-order valence-corrected chi connectivity index (χ3v) is 9.61. The summed E-state index contributed by atoms with van der Waals surface area (Å²) >= 11 is 3.69. The van der Waals surface area contributed by atoms with Gasteiger partial charge >= 0.3 is 0 Å². The van der Waals surface area contributed by atoms with E-state index in [1.807, 2.05) is 51.1 Å². The van der Waals surface area contributed by atoms with Gasteiger partial charge in [-0.25, -0.2) is 0 Å². The number of allylic oxidation sites excluding steroid dienone is 4. The first kappa shape index (κ1) is 33.0. The number of amides is 1. The zero-order valence-corrected chi connectivity index (χ0v) is 29.4. The molecule has 45 heavy (non-hydrogen) atoms. The molecular formula is C37H45BrN2O5. The van der Waals surface area contributed by atoms with Gasteiger partial charge < -0.3 is 19.7 Å². The van der Waals surface area contributed by atoms with Gasteiger partial charge in [-0.15, -0.1) is 0 Å². The van der Waals surface area contributed by atoms with Crippen molar-refractivity contribution in [3.8, 4) is 11.5 Å². The molecule has 0 saturated carbocycles. The quantitative estimate of drug-likeness (QED) is 0.304. The maximum absolute atomic E-state index is 14.0. The van der Waals surface area contributed by atoms with Crippen molar-refractivity contribution in [2.24, 2.45) is 10.8 Å². The Labute approximate surface area is 275 Å². The van der Waals surface area contributed by atoms with E-state index in [2.05, 4.69) is 60.8 Å². The van der Waals surface area contributed by atoms with Crippen LogP contribution in [-0.2, 0) is 14.4 Å². The molecular weight excluding hydrogens is 632 g/mol. The zero-order chi connectivity index (χ0) is 32.8. The van der Waals surface area contributed by atoms with Crippen LogP contribution in [0.1, 0.15) is 89.8 Å². The summed E-state index contributed by atoms with van der Waals surface area (Å²) in [5, 5.41) is 2.94. The van der Waals surface area contributed by atoms with Gasteiger partial charge in [0.15, 0.2) is 29.7 Å². The van der Waals surface area contributed by atoms with Gasteiger partial charge in [0.25, 0.3) is 5.91 Å². The van der Waals surface area contributed by atoms with E-state index in [0.717, 1.165) is 57.8 Å². The summed E-state index contributed by atoms with van der Waals surface area (Å²) in [5.41, 5.74) is 6.72. The fraction of sp³-hybridized carbons (Fsp3) is 0.486. The van der Waals surface area contributed by atoms with Crippen LogP contribution in [0.3, 0.4) is 0 Å². The fourth-order valence-electron chi connectivity index (χ4n) is 7.11. The summed E-state index contributed by atoms with van der Waals surface area (Å²) in [7, 11) is 0. The summed E-state index contributed by atoms with van der Waals surface area (Å²) in [6.45, 7) is 17.3. The topological polar surface area (TPSA) is 84.9 Å². The highest BCUT2D eigenvalue weighted by atomic mass is 79.9. The summed E-state index contributed by atoms with van der Waals surface area (Å²) in [6.07, 6.45) is 2.39. The van der Waals surface area contributed by atoms with Gasteiger partial charge in [0, 0.05) is 53.5 Å². The molecule has 0 unspecified atom stereocenters. The van der Waals surface area contributed by atoms with E-state index >= 15 is 0 Å². The van der Waals surface area contributed by atoms with Crippen molar-refractivity contribution in [1.82, 2.24) is 4.90 Å². The molecule has 1 aliphatic heterocycles. The number of rotatable bonds is 8. The number of hydrogen-bond donors (Lipinski definition) is 1. The standard InChI is InChI=1S/C37H45BrN2O5/c1-9-40-26-16-36(5,6)18-28(41)33(26)32(34-27(40)17-37(7,8)19-29(34)42)23-14-24(38)35(30(15-23)44-10-2)45-20-31(43)39-25-13-21(3)11-12-22(25)4/h11-15,32H,9-10,16-20H2,1-8H3,(H,39,43). The molecule has 2 aromatic carbocycles. The van der Waals surface area contributed by atoms with Crippen LogP contribution in [0.2, 0.25) is 0 Å². The number of carbonyl (C=O) groups is 3. The number of benzene rings is 2. The third kappa shape index (κ3) is 6.62. The molecule has 0 spiro atoms. The molecule has 0 bridgehead atoms. The van der Waals surface area contributed by atoms with E-state index in [-0.39, 0.29) is 34.9 Å². The molecule has 1 N–H and O–H groups in total. The molecule has 5 rings (SSSR count). The van der Waals surface area contributed by atoms with Gasteiger partial charge in [0.2, 0.25) is 0 Å². The Kier molecular flexibility index (Phi) is 9.11. The van der Waals surface area contributed by atoms with Crippen LogP contribution in [-0.4, -0.2) is 42.1 Å². The van der Waals surface area contributed by atoms with Gasteiger partial charge in [0.1, 0.15) is 0 Å². The Morgan fingerprint density at radius 1 is 0.911 bits per heavy atom. The molecule has 0 atom stereocenters. The minimum Gasteiger partial charge on any atom is -0.490 e. The number of carbonyl (C=O) groups excluding carboxylic acids is 3. The van der Waals surface area contributed by atoms with Crippen LogP contribution in [0.5, 0.6) is 11.5 Å². The Bertz CT molecular complexity index is 1580. The van der Waals surface area contributed by atoms with Crippen molar-refractivity contribution >= 4 is 39.1 Å². The predicted molar refractivity (Wildman–Crippen MR) is 181 cm³/mol. The Morgan fingerprint density at radius 3 is 2.07 bits per heavy atom. The number of Topliss-reactive ketones (excluding diaryl/α,β-unsaturated/α-hetero) is 2. The fourth-order valence-corrected chi connectivity index (χ4v) is 7.69. The minimum absolute atomic E-state index is 0.0893. The van der Waals surface area contributed by atoms with E-state index in [9.17, 15) is 14.4 Å². The van der Waals surface area contributed by atoms with E-state index in [1.165, 1.54) is 0 Å². The molecule has 8 heteroatoms. The lowest BCUT2D eigenvalue weighted by molar-refractivity contribution is -0.120. The van der Waals surface area contributed by atoms with Gasteiger partial charge in [-0.3, -0.25) is 14.4 Å². The third-order valence-electron chi connectivity index (χ3n) is 9.02. The number of ketones is 2. The first-order chi connectivity index (χ1) is 21.1. The molecule has 0 aromatic heterocycles. The minimum atomic E-state index is -0.498. The number of nitrogens with one attached hydrogen (secondary N) is 1. The molecule has 0 radical (unpaired) electrons. The molecule has 1 heterocycles. The number of aryl methyl sites for hydroxylation is 2. The molecule has 7 nitrogen and oxygen atoms in total. The summed E-state index contributed by atoms with van der Waals surface area (Å²) in [5.74, 6) is 0.249. The predicted octanol–water partition coefficient (Wildman–Crippen LogP) is 8.19. The average molecular weight is 678 g/mol. The summed E-state index contributed by atoms with van der Waals surface area (Å²) in [4.78, 5) is 43.2. The van der Waals surface area contributed by atoms with Crippen molar-refractivity contribution < 1.29 is 23.9 Å². The number of ether oxygens (including phenoxy) is 2. The lowest BCUT2D eigenvalue weighted by Crippen LogP contribution is -2.44. The Hall–Kier alpha value is -3.39. The maximum atomic E-state index is 14.0. The Morgan fingerprint density at radius 2 is 1.51 bits per heavy atom. The van der Waals surface area contributed by atoms with Crippen molar-refractivity contribution in [2.75, 3.05) is 25.1 Å². The summed E-state index contributed by atoms with van der Waals surface area (Å²) < 4.78 is 12.7. The normalized spacial score (nSPS) is 19.4. The van der Waals surface area contributed by atoms with E-state index < -0.39 is 5.92 Å². The summed E-state index contributed by atoms with van der Waals surface area (Å²) in [6, 6.07) is 9.70. The Balaban J connectivity index is 1.56. The largest absolute Gasteiger partial charge is 0.490 e. The first-order valence-corrected chi connectivity index (χ1v) is 16.7. The van der Waals surface area contributed by atoms with Gasteiger partial charge in [-0.05, 0) is 102 Å².